The molecule has 1 aromatic heterocycles. The van der Waals surface area contributed by atoms with Crippen LogP contribution in [-0.2, 0) is 15.7 Å². The van der Waals surface area contributed by atoms with Crippen LogP contribution >= 0.6 is 0 Å². The Bertz CT molecular complexity index is 596. The minimum absolute atomic E-state index is 0.361. The molecule has 0 bridgehead atoms. The lowest BCUT2D eigenvalue weighted by Gasteiger charge is -2.13. The van der Waals surface area contributed by atoms with E-state index in [0.717, 1.165) is 0 Å². The van der Waals surface area contributed by atoms with Crippen LogP contribution in [0.25, 0.3) is 0 Å². The third-order valence-corrected chi connectivity index (χ3v) is 2.40. The monoisotopic (exact) mass is 308 g/mol. The smallest absolute Gasteiger partial charge is 0.431 e. The molecule has 1 unspecified atom stereocenters. The van der Waals surface area contributed by atoms with Crippen LogP contribution in [0.5, 0.6) is 0 Å². The fourth-order valence-corrected chi connectivity index (χ4v) is 1.40. The topological polar surface area (TPSA) is 108 Å². The lowest BCUT2D eigenvalue weighted by Crippen LogP contribution is -2.45. The number of alkyl halides is 3. The standard InChI is InChI=1S/C11H11F3N2O5/c1-21-4-6(10(19)20)15-8(17)5-2-3-7(11(12,13)14)16-9(5)18/h2-3,6H,4H2,1H3,(H,15,17)(H,16,18)(H,19,20). The molecule has 1 heterocycles. The van der Waals surface area contributed by atoms with Gasteiger partial charge in [0.05, 0.1) is 6.61 Å². The van der Waals surface area contributed by atoms with Crippen molar-refractivity contribution in [3.05, 3.63) is 33.7 Å². The normalized spacial score (nSPS) is 12.8. The van der Waals surface area contributed by atoms with Crippen molar-refractivity contribution < 1.29 is 32.6 Å². The van der Waals surface area contributed by atoms with Gasteiger partial charge in [0.25, 0.3) is 11.5 Å². The number of hydrogen-bond acceptors (Lipinski definition) is 4. The number of carbonyl (C=O) groups is 2. The second kappa shape index (κ2) is 6.39. The highest BCUT2D eigenvalue weighted by Crippen LogP contribution is 2.26. The number of pyridine rings is 1. The van der Waals surface area contributed by atoms with Crippen LogP contribution in [0.1, 0.15) is 16.1 Å². The molecule has 10 heteroatoms. The van der Waals surface area contributed by atoms with Crippen LogP contribution in [0.2, 0.25) is 0 Å². The van der Waals surface area contributed by atoms with E-state index >= 15 is 0 Å². The van der Waals surface area contributed by atoms with Gasteiger partial charge in [0.2, 0.25) is 0 Å². The van der Waals surface area contributed by atoms with Gasteiger partial charge in [-0.1, -0.05) is 0 Å². The van der Waals surface area contributed by atoms with Crippen LogP contribution < -0.4 is 10.9 Å². The SMILES string of the molecule is COCC(NC(=O)c1ccc(C(F)(F)F)[nH]c1=O)C(=O)O. The second-order valence-corrected chi connectivity index (χ2v) is 3.93. The maximum Gasteiger partial charge on any atom is 0.431 e. The van der Waals surface area contributed by atoms with Crippen LogP contribution in [-0.4, -0.2) is 41.7 Å². The molecule has 0 saturated carbocycles. The predicted molar refractivity (Wildman–Crippen MR) is 62.8 cm³/mol. The molecular formula is C11H11F3N2O5. The van der Waals surface area contributed by atoms with Crippen LogP contribution in [0.3, 0.4) is 0 Å². The lowest BCUT2D eigenvalue weighted by molar-refractivity contribution is -0.141. The van der Waals surface area contributed by atoms with Gasteiger partial charge in [-0.2, -0.15) is 13.2 Å². The third kappa shape index (κ3) is 4.31. The van der Waals surface area contributed by atoms with E-state index in [4.69, 9.17) is 5.11 Å². The fourth-order valence-electron chi connectivity index (χ4n) is 1.40. The number of halogens is 3. The molecule has 1 rings (SSSR count). The van der Waals surface area contributed by atoms with E-state index in [1.165, 1.54) is 12.1 Å². The summed E-state index contributed by atoms with van der Waals surface area (Å²) in [7, 11) is 1.20. The van der Waals surface area contributed by atoms with Crippen molar-refractivity contribution >= 4 is 11.9 Å². The predicted octanol–water partition coefficient (Wildman–Crippen LogP) is 0.223. The van der Waals surface area contributed by atoms with Crippen molar-refractivity contribution in [1.29, 1.82) is 0 Å². The highest BCUT2D eigenvalue weighted by Gasteiger charge is 2.32. The van der Waals surface area contributed by atoms with Crippen molar-refractivity contribution in [2.75, 3.05) is 13.7 Å². The molecule has 0 saturated heterocycles. The quantitative estimate of drug-likeness (QED) is 0.721. The molecule has 1 atom stereocenters. The molecule has 0 aromatic carbocycles. The van der Waals surface area contributed by atoms with Gasteiger partial charge < -0.3 is 20.1 Å². The van der Waals surface area contributed by atoms with E-state index in [2.05, 4.69) is 4.74 Å². The third-order valence-electron chi connectivity index (χ3n) is 2.40. The number of nitrogens with one attached hydrogen (secondary N) is 2. The van der Waals surface area contributed by atoms with Crippen LogP contribution in [0.4, 0.5) is 13.2 Å². The average molecular weight is 308 g/mol. The summed E-state index contributed by atoms with van der Waals surface area (Å²) in [5.41, 5.74) is -3.22. The highest BCUT2D eigenvalue weighted by atomic mass is 19.4. The van der Waals surface area contributed by atoms with E-state index in [1.807, 2.05) is 5.32 Å². The van der Waals surface area contributed by atoms with Crippen molar-refractivity contribution in [3.8, 4) is 0 Å². The Morgan fingerprint density at radius 1 is 1.43 bits per heavy atom. The van der Waals surface area contributed by atoms with E-state index in [9.17, 15) is 27.6 Å². The van der Waals surface area contributed by atoms with Gasteiger partial charge in [0.15, 0.2) is 6.04 Å². The molecule has 1 amide bonds. The maximum atomic E-state index is 12.4. The number of carboxylic acids is 1. The van der Waals surface area contributed by atoms with Crippen molar-refractivity contribution in [1.82, 2.24) is 10.3 Å². The molecule has 0 aliphatic carbocycles. The van der Waals surface area contributed by atoms with Crippen molar-refractivity contribution in [2.45, 2.75) is 12.2 Å². The molecule has 7 nitrogen and oxygen atoms in total. The number of carboxylic acid groups (broad SMARTS) is 1. The average Bonchev–Trinajstić information content (AvgIpc) is 2.36. The number of aliphatic carboxylic acids is 1. The van der Waals surface area contributed by atoms with Crippen LogP contribution in [0, 0.1) is 0 Å². The van der Waals surface area contributed by atoms with E-state index in [-0.39, 0.29) is 6.61 Å². The molecule has 3 N–H and O–H groups in total. The number of methoxy groups -OCH3 is 1. The Balaban J connectivity index is 2.98. The lowest BCUT2D eigenvalue weighted by atomic mass is 10.2. The Kier molecular flexibility index (Phi) is 5.08. The summed E-state index contributed by atoms with van der Waals surface area (Å²) in [5.74, 6) is -2.53. The summed E-state index contributed by atoms with van der Waals surface area (Å²) in [6.07, 6.45) is -4.76. The molecule has 0 fully saturated rings. The molecular weight excluding hydrogens is 297 g/mol. The maximum absolute atomic E-state index is 12.4. The van der Waals surface area contributed by atoms with Gasteiger partial charge in [0.1, 0.15) is 11.3 Å². The second-order valence-electron chi connectivity index (χ2n) is 3.93. The molecule has 116 valence electrons. The molecule has 0 radical (unpaired) electrons. The minimum Gasteiger partial charge on any atom is -0.480 e. The number of rotatable bonds is 5. The Morgan fingerprint density at radius 2 is 2.05 bits per heavy atom. The zero-order valence-corrected chi connectivity index (χ0v) is 10.7. The summed E-state index contributed by atoms with van der Waals surface area (Å²) >= 11 is 0. The van der Waals surface area contributed by atoms with Crippen molar-refractivity contribution in [2.24, 2.45) is 0 Å². The summed E-state index contributed by atoms with van der Waals surface area (Å²) < 4.78 is 41.6. The molecule has 21 heavy (non-hydrogen) atoms. The summed E-state index contributed by atoms with van der Waals surface area (Å²) in [5, 5.41) is 10.8. The van der Waals surface area contributed by atoms with Crippen molar-refractivity contribution in [3.63, 3.8) is 0 Å². The summed E-state index contributed by atoms with van der Waals surface area (Å²) in [6.45, 7) is -0.361. The zero-order valence-electron chi connectivity index (χ0n) is 10.7. The first-order valence-corrected chi connectivity index (χ1v) is 5.50. The largest absolute Gasteiger partial charge is 0.480 e. The molecule has 0 aliphatic heterocycles. The summed E-state index contributed by atoms with van der Waals surface area (Å²) in [4.78, 5) is 35.4. The minimum atomic E-state index is -4.76. The first-order valence-electron chi connectivity index (χ1n) is 5.50. The molecule has 0 spiro atoms. The zero-order chi connectivity index (χ0) is 16.2. The van der Waals surface area contributed by atoms with E-state index in [1.54, 1.807) is 0 Å². The van der Waals surface area contributed by atoms with E-state index in [0.29, 0.717) is 12.1 Å². The van der Waals surface area contributed by atoms with Gasteiger partial charge in [-0.25, -0.2) is 4.79 Å². The number of hydrogen-bond donors (Lipinski definition) is 3. The molecule has 0 aliphatic rings. The van der Waals surface area contributed by atoms with Gasteiger partial charge in [-0.15, -0.1) is 0 Å². The fraction of sp³-hybridized carbons (Fsp3) is 0.364. The van der Waals surface area contributed by atoms with Gasteiger partial charge in [-0.05, 0) is 12.1 Å². The number of amides is 1. The van der Waals surface area contributed by atoms with Gasteiger partial charge in [-0.3, -0.25) is 9.59 Å². The Labute approximate surface area is 115 Å². The van der Waals surface area contributed by atoms with E-state index < -0.39 is 40.9 Å². The van der Waals surface area contributed by atoms with Gasteiger partial charge in [0, 0.05) is 7.11 Å². The first-order chi connectivity index (χ1) is 9.66. The highest BCUT2D eigenvalue weighted by molar-refractivity contribution is 5.96. The summed E-state index contributed by atoms with van der Waals surface area (Å²) in [6, 6.07) is -0.241. The number of aromatic amines is 1. The number of ether oxygens (including phenoxy) is 1. The number of H-pyrrole nitrogens is 1. The Morgan fingerprint density at radius 3 is 2.48 bits per heavy atom. The van der Waals surface area contributed by atoms with Crippen LogP contribution in [0.15, 0.2) is 16.9 Å². The first kappa shape index (κ1) is 16.7. The Hall–Kier alpha value is -2.36. The number of carbonyl (C=O) groups excluding carboxylic acids is 1. The molecule has 1 aromatic rings. The van der Waals surface area contributed by atoms with Gasteiger partial charge >= 0.3 is 12.1 Å². The number of aromatic nitrogens is 1.